The van der Waals surface area contributed by atoms with Gasteiger partial charge in [-0.15, -0.1) is 0 Å². The second-order valence-electron chi connectivity index (χ2n) is 7.55. The third-order valence-electron chi connectivity index (χ3n) is 5.01. The topological polar surface area (TPSA) is 79.7 Å². The zero-order valence-corrected chi connectivity index (χ0v) is 15.9. The van der Waals surface area contributed by atoms with Crippen LogP contribution in [0.4, 0.5) is 5.95 Å². The van der Waals surface area contributed by atoms with E-state index in [-0.39, 0.29) is 5.56 Å². The van der Waals surface area contributed by atoms with Crippen LogP contribution in [0.1, 0.15) is 26.0 Å². The van der Waals surface area contributed by atoms with Gasteiger partial charge in [0.05, 0.1) is 11.4 Å². The molecule has 1 N–H and O–H groups in total. The lowest BCUT2D eigenvalue weighted by molar-refractivity contribution is 0.353. The quantitative estimate of drug-likeness (QED) is 0.773. The van der Waals surface area contributed by atoms with Gasteiger partial charge in [0.25, 0.3) is 5.56 Å². The Morgan fingerprint density at radius 3 is 2.59 bits per heavy atom. The summed E-state index contributed by atoms with van der Waals surface area (Å²) < 4.78 is 1.43. The van der Waals surface area contributed by atoms with Crippen LogP contribution in [-0.2, 0) is 0 Å². The number of hydrogen-bond donors (Lipinski definition) is 1. The van der Waals surface area contributed by atoms with E-state index in [1.54, 1.807) is 24.5 Å². The van der Waals surface area contributed by atoms with Crippen LogP contribution in [0.15, 0.2) is 41.5 Å². The molecule has 3 aromatic rings. The number of nitrogens with zero attached hydrogens (tertiary/aromatic N) is 5. The molecule has 1 saturated heterocycles. The van der Waals surface area contributed by atoms with Crippen LogP contribution in [0.3, 0.4) is 0 Å². The maximum absolute atomic E-state index is 12.4. The van der Waals surface area contributed by atoms with Crippen molar-refractivity contribution in [3.8, 4) is 17.1 Å². The molecule has 4 rings (SSSR count). The fraction of sp³-hybridized carbons (Fsp3) is 0.400. The van der Waals surface area contributed by atoms with E-state index in [1.807, 2.05) is 19.1 Å². The number of aryl methyl sites for hydroxylation is 1. The first-order valence-electron chi connectivity index (χ1n) is 9.33. The summed E-state index contributed by atoms with van der Waals surface area (Å²) in [5.41, 5.74) is 2.20. The van der Waals surface area contributed by atoms with Gasteiger partial charge in [-0.05, 0) is 37.3 Å². The first-order valence-corrected chi connectivity index (χ1v) is 9.33. The van der Waals surface area contributed by atoms with Crippen molar-refractivity contribution in [1.29, 1.82) is 0 Å². The van der Waals surface area contributed by atoms with Crippen molar-refractivity contribution in [2.75, 3.05) is 18.0 Å². The van der Waals surface area contributed by atoms with Gasteiger partial charge in [0.1, 0.15) is 0 Å². The van der Waals surface area contributed by atoms with Gasteiger partial charge < -0.3 is 4.90 Å². The Labute approximate surface area is 158 Å². The summed E-state index contributed by atoms with van der Waals surface area (Å²) in [6, 6.07) is 7.01. The van der Waals surface area contributed by atoms with E-state index in [9.17, 15) is 4.79 Å². The van der Waals surface area contributed by atoms with Crippen molar-refractivity contribution in [3.63, 3.8) is 0 Å². The van der Waals surface area contributed by atoms with Crippen LogP contribution in [0.2, 0.25) is 0 Å². The number of aromatic nitrogens is 5. The third kappa shape index (κ3) is 3.49. The minimum absolute atomic E-state index is 0.161. The standard InChI is InChI=1S/C20H24N6O/c1-13-8-14(2)12-25(11-13)20-22-10-16(15(3)23-20)17-9-19(27)26(24-17)18-6-4-5-7-21-18/h4-7,9-10,13-14,24H,8,11-12H2,1-3H3. The van der Waals surface area contributed by atoms with Gasteiger partial charge in [-0.25, -0.2) is 19.6 Å². The van der Waals surface area contributed by atoms with Crippen LogP contribution in [0.5, 0.6) is 0 Å². The molecule has 0 radical (unpaired) electrons. The van der Waals surface area contributed by atoms with Crippen molar-refractivity contribution in [1.82, 2.24) is 24.7 Å². The van der Waals surface area contributed by atoms with Crippen molar-refractivity contribution in [2.24, 2.45) is 11.8 Å². The average molecular weight is 364 g/mol. The number of nitrogens with one attached hydrogen (secondary N) is 1. The van der Waals surface area contributed by atoms with Gasteiger partial charge >= 0.3 is 0 Å². The summed E-state index contributed by atoms with van der Waals surface area (Å²) in [4.78, 5) is 28.1. The lowest BCUT2D eigenvalue weighted by Gasteiger charge is -2.35. The van der Waals surface area contributed by atoms with E-state index < -0.39 is 0 Å². The van der Waals surface area contributed by atoms with E-state index >= 15 is 0 Å². The molecule has 0 bridgehead atoms. The minimum atomic E-state index is -0.161. The van der Waals surface area contributed by atoms with Gasteiger partial charge in [-0.2, -0.15) is 0 Å². The molecule has 0 saturated carbocycles. The van der Waals surface area contributed by atoms with Crippen molar-refractivity contribution >= 4 is 5.95 Å². The van der Waals surface area contributed by atoms with Gasteiger partial charge in [-0.3, -0.25) is 9.89 Å². The Hall–Kier alpha value is -2.96. The molecule has 1 fully saturated rings. The van der Waals surface area contributed by atoms with Crippen molar-refractivity contribution in [2.45, 2.75) is 27.2 Å². The first-order chi connectivity index (χ1) is 13.0. The van der Waals surface area contributed by atoms with Gasteiger partial charge in [0.15, 0.2) is 5.82 Å². The Morgan fingerprint density at radius 2 is 1.93 bits per heavy atom. The number of piperidine rings is 1. The average Bonchev–Trinajstić information content (AvgIpc) is 3.03. The minimum Gasteiger partial charge on any atom is -0.340 e. The fourth-order valence-electron chi connectivity index (χ4n) is 3.89. The highest BCUT2D eigenvalue weighted by Gasteiger charge is 2.24. The smallest absolute Gasteiger partial charge is 0.273 e. The van der Waals surface area contributed by atoms with Crippen LogP contribution >= 0.6 is 0 Å². The molecular formula is C20H24N6O. The molecule has 1 aliphatic rings. The first kappa shape index (κ1) is 17.5. The third-order valence-corrected chi connectivity index (χ3v) is 5.01. The summed E-state index contributed by atoms with van der Waals surface area (Å²) in [5.74, 6) is 2.60. The van der Waals surface area contributed by atoms with Crippen LogP contribution in [0, 0.1) is 18.8 Å². The number of hydrogen-bond acceptors (Lipinski definition) is 5. The second-order valence-corrected chi connectivity index (χ2v) is 7.55. The number of aromatic amines is 1. The predicted octanol–water partition coefficient (Wildman–Crippen LogP) is 2.81. The Morgan fingerprint density at radius 1 is 1.15 bits per heavy atom. The fourth-order valence-corrected chi connectivity index (χ4v) is 3.89. The molecule has 7 nitrogen and oxygen atoms in total. The van der Waals surface area contributed by atoms with Gasteiger partial charge in [-0.1, -0.05) is 19.9 Å². The normalized spacial score (nSPS) is 20.0. The molecule has 0 aromatic carbocycles. The van der Waals surface area contributed by atoms with Crippen molar-refractivity contribution < 1.29 is 0 Å². The molecule has 2 unspecified atom stereocenters. The molecule has 7 heteroatoms. The highest BCUT2D eigenvalue weighted by atomic mass is 16.1. The molecule has 0 spiro atoms. The van der Waals surface area contributed by atoms with E-state index in [0.29, 0.717) is 23.3 Å². The zero-order valence-electron chi connectivity index (χ0n) is 15.9. The zero-order chi connectivity index (χ0) is 19.0. The maximum atomic E-state index is 12.4. The lowest BCUT2D eigenvalue weighted by atomic mass is 9.92. The van der Waals surface area contributed by atoms with E-state index in [0.717, 1.165) is 30.3 Å². The van der Waals surface area contributed by atoms with Crippen LogP contribution < -0.4 is 10.5 Å². The van der Waals surface area contributed by atoms with Crippen molar-refractivity contribution in [3.05, 3.63) is 52.7 Å². The molecule has 27 heavy (non-hydrogen) atoms. The largest absolute Gasteiger partial charge is 0.340 e. The van der Waals surface area contributed by atoms with E-state index in [1.165, 1.54) is 11.1 Å². The van der Waals surface area contributed by atoms with E-state index in [4.69, 9.17) is 4.98 Å². The summed E-state index contributed by atoms with van der Waals surface area (Å²) in [7, 11) is 0. The number of anilines is 1. The summed E-state index contributed by atoms with van der Waals surface area (Å²) in [6.45, 7) is 8.46. The number of H-pyrrole nitrogens is 1. The van der Waals surface area contributed by atoms with E-state index in [2.05, 4.69) is 33.8 Å². The molecule has 1 aliphatic heterocycles. The molecule has 140 valence electrons. The number of pyridine rings is 1. The predicted molar refractivity (Wildman–Crippen MR) is 105 cm³/mol. The molecule has 4 heterocycles. The Kier molecular flexibility index (Phi) is 4.51. The van der Waals surface area contributed by atoms with Gasteiger partial charge in [0, 0.05) is 37.1 Å². The number of rotatable bonds is 3. The Bertz CT molecular complexity index is 983. The molecule has 0 amide bonds. The maximum Gasteiger partial charge on any atom is 0.273 e. The molecular weight excluding hydrogens is 340 g/mol. The van der Waals surface area contributed by atoms with Gasteiger partial charge in [0.2, 0.25) is 5.95 Å². The highest BCUT2D eigenvalue weighted by Crippen LogP contribution is 2.26. The van der Waals surface area contributed by atoms with Crippen LogP contribution in [-0.4, -0.2) is 37.8 Å². The monoisotopic (exact) mass is 364 g/mol. The highest BCUT2D eigenvalue weighted by molar-refractivity contribution is 5.61. The summed E-state index contributed by atoms with van der Waals surface area (Å²) in [6.07, 6.45) is 4.71. The second kappa shape index (κ2) is 6.98. The Balaban J connectivity index is 1.65. The SMILES string of the molecule is Cc1nc(N2CC(C)CC(C)C2)ncc1-c1cc(=O)n(-c2ccccn2)[nH]1. The lowest BCUT2D eigenvalue weighted by Crippen LogP contribution is -2.39. The van der Waals surface area contributed by atoms with Crippen LogP contribution in [0.25, 0.3) is 17.1 Å². The molecule has 2 atom stereocenters. The molecule has 0 aliphatic carbocycles. The molecule has 3 aromatic heterocycles. The summed E-state index contributed by atoms with van der Waals surface area (Å²) in [5, 5.41) is 3.12. The summed E-state index contributed by atoms with van der Waals surface area (Å²) >= 11 is 0.